The summed E-state index contributed by atoms with van der Waals surface area (Å²) in [5.74, 6) is -0.954. The molecule has 44 heavy (non-hydrogen) atoms. The van der Waals surface area contributed by atoms with Crippen LogP contribution in [-0.4, -0.2) is 81.4 Å². The van der Waals surface area contributed by atoms with Crippen LogP contribution >= 0.6 is 0 Å². The van der Waals surface area contributed by atoms with Crippen LogP contribution in [0.25, 0.3) is 0 Å². The Bertz CT molecular complexity index is 1170. The number of aliphatic hydroxyl groups excluding tert-OH is 1. The van der Waals surface area contributed by atoms with Gasteiger partial charge in [0.05, 0.1) is 26.4 Å². The molecule has 8 nitrogen and oxygen atoms in total. The summed E-state index contributed by atoms with van der Waals surface area (Å²) in [6, 6.07) is 12.7. The Kier molecular flexibility index (Phi) is 11.7. The second kappa shape index (κ2) is 15.5. The van der Waals surface area contributed by atoms with Crippen molar-refractivity contribution in [3.8, 4) is 5.75 Å². The lowest BCUT2D eigenvalue weighted by Gasteiger charge is -2.50. The predicted molar refractivity (Wildman–Crippen MR) is 163 cm³/mol. The van der Waals surface area contributed by atoms with Crippen molar-refractivity contribution in [3.63, 3.8) is 0 Å². The van der Waals surface area contributed by atoms with Gasteiger partial charge in [0.2, 0.25) is 5.79 Å². The monoisotopic (exact) mass is 616 g/mol. The number of unbranched alkanes of at least 4 members (excludes halogenated alkanes) is 3. The van der Waals surface area contributed by atoms with Crippen molar-refractivity contribution in [2.45, 2.75) is 102 Å². The standard InChI is InChI=1S/C35H49FO8/c1-4-7-16-39-31-32(40-17-8-5-2)34(23-37)24-42-35(44-34,33(31)41-18-9-6-3)27-12-15-30(36)26(20-27)19-25-10-13-28(14-11-25)43-29-21-38-22-29/h10-15,20,29,31-33,37H,4-9,16-19,21-24H2,1-3H3/t31-,32-,33?,34?,35?/m0/s1. The quantitative estimate of drug-likeness (QED) is 0.214. The normalized spacial score (nSPS) is 28.2. The van der Waals surface area contributed by atoms with Gasteiger partial charge < -0.3 is 38.3 Å². The summed E-state index contributed by atoms with van der Waals surface area (Å²) in [4.78, 5) is 0. The molecule has 0 saturated carbocycles. The third kappa shape index (κ3) is 7.15. The van der Waals surface area contributed by atoms with E-state index >= 15 is 4.39 Å². The summed E-state index contributed by atoms with van der Waals surface area (Å²) >= 11 is 0. The van der Waals surface area contributed by atoms with Gasteiger partial charge in [0, 0.05) is 31.8 Å². The van der Waals surface area contributed by atoms with Gasteiger partial charge in [0.15, 0.2) is 0 Å². The van der Waals surface area contributed by atoms with E-state index in [9.17, 15) is 5.11 Å². The summed E-state index contributed by atoms with van der Waals surface area (Å²) in [6.07, 6.45) is 4.12. The minimum atomic E-state index is -1.40. The number of hydrogen-bond donors (Lipinski definition) is 1. The molecule has 0 aliphatic carbocycles. The average Bonchev–Trinajstić information content (AvgIpc) is 3.38. The van der Waals surface area contributed by atoms with Gasteiger partial charge in [-0.1, -0.05) is 58.2 Å². The number of fused-ring (bicyclic) bond motifs is 2. The maximum absolute atomic E-state index is 15.3. The van der Waals surface area contributed by atoms with Gasteiger partial charge >= 0.3 is 0 Å². The van der Waals surface area contributed by atoms with E-state index in [1.54, 1.807) is 12.1 Å². The molecule has 2 aromatic carbocycles. The number of benzene rings is 2. The first-order chi connectivity index (χ1) is 21.5. The first-order valence-corrected chi connectivity index (χ1v) is 16.4. The van der Waals surface area contributed by atoms with E-state index in [1.165, 1.54) is 6.07 Å². The Morgan fingerprint density at radius 2 is 1.52 bits per heavy atom. The van der Waals surface area contributed by atoms with E-state index in [-0.39, 0.29) is 25.1 Å². The van der Waals surface area contributed by atoms with Gasteiger partial charge in [-0.25, -0.2) is 4.39 Å². The van der Waals surface area contributed by atoms with E-state index in [1.807, 2.05) is 24.3 Å². The highest BCUT2D eigenvalue weighted by atomic mass is 19.1. The van der Waals surface area contributed by atoms with Crippen molar-refractivity contribution in [2.75, 3.05) is 46.2 Å². The first-order valence-electron chi connectivity index (χ1n) is 16.4. The fraction of sp³-hybridized carbons (Fsp3) is 0.657. The van der Waals surface area contributed by atoms with Crippen LogP contribution in [0.4, 0.5) is 4.39 Å². The van der Waals surface area contributed by atoms with E-state index in [2.05, 4.69) is 20.8 Å². The molecular formula is C35H49FO8. The molecule has 0 amide bonds. The van der Waals surface area contributed by atoms with Gasteiger partial charge in [-0.15, -0.1) is 0 Å². The SMILES string of the molecule is CCCCOC1[C@@H](OCCCC)[C@H](OCCCC)C2(CO)COC1(c1ccc(F)c(Cc3ccc(OC4COC4)cc3)c1)O2. The lowest BCUT2D eigenvalue weighted by atomic mass is 9.83. The van der Waals surface area contributed by atoms with Crippen LogP contribution in [0.1, 0.15) is 76.0 Å². The van der Waals surface area contributed by atoms with Crippen LogP contribution in [0.5, 0.6) is 5.75 Å². The summed E-state index contributed by atoms with van der Waals surface area (Å²) < 4.78 is 59.3. The number of halogens is 1. The van der Waals surface area contributed by atoms with Gasteiger partial charge in [0.25, 0.3) is 0 Å². The largest absolute Gasteiger partial charge is 0.486 e. The molecule has 2 aromatic rings. The zero-order valence-corrected chi connectivity index (χ0v) is 26.4. The number of hydrogen-bond acceptors (Lipinski definition) is 8. The molecule has 3 fully saturated rings. The molecular weight excluding hydrogens is 567 g/mol. The summed E-state index contributed by atoms with van der Waals surface area (Å²) in [6.45, 7) is 8.83. The molecule has 5 atom stereocenters. The van der Waals surface area contributed by atoms with E-state index in [0.717, 1.165) is 49.8 Å². The zero-order chi connectivity index (χ0) is 31.0. The molecule has 3 unspecified atom stereocenters. The van der Waals surface area contributed by atoms with E-state index in [0.29, 0.717) is 50.6 Å². The molecule has 3 aliphatic heterocycles. The molecule has 2 bridgehead atoms. The van der Waals surface area contributed by atoms with Crippen LogP contribution < -0.4 is 4.74 Å². The van der Waals surface area contributed by atoms with E-state index < -0.39 is 29.7 Å². The van der Waals surface area contributed by atoms with Crippen LogP contribution in [0.15, 0.2) is 42.5 Å². The molecule has 0 aromatic heterocycles. The highest BCUT2D eigenvalue weighted by Gasteiger charge is 2.69. The van der Waals surface area contributed by atoms with Crippen molar-refractivity contribution in [2.24, 2.45) is 0 Å². The fourth-order valence-electron chi connectivity index (χ4n) is 6.03. The van der Waals surface area contributed by atoms with Gasteiger partial charge in [0.1, 0.15) is 41.6 Å². The Hall–Kier alpha value is -2.11. The second-order valence-electron chi connectivity index (χ2n) is 12.2. The molecule has 1 N–H and O–H groups in total. The molecule has 3 saturated heterocycles. The molecule has 3 aliphatic rings. The number of aliphatic hydroxyl groups is 1. The molecule has 3 heterocycles. The van der Waals surface area contributed by atoms with Gasteiger partial charge in [-0.3, -0.25) is 0 Å². The molecule has 0 spiro atoms. The maximum atomic E-state index is 15.3. The predicted octanol–water partition coefficient (Wildman–Crippen LogP) is 5.69. The van der Waals surface area contributed by atoms with Crippen LogP contribution in [0, 0.1) is 5.82 Å². The second-order valence-corrected chi connectivity index (χ2v) is 12.2. The molecule has 244 valence electrons. The number of ether oxygens (including phenoxy) is 7. The average molecular weight is 617 g/mol. The maximum Gasteiger partial charge on any atom is 0.225 e. The van der Waals surface area contributed by atoms with Gasteiger partial charge in [-0.05, 0) is 54.7 Å². The number of rotatable bonds is 18. The zero-order valence-electron chi connectivity index (χ0n) is 26.4. The molecule has 0 radical (unpaired) electrons. The molecule has 9 heteroatoms. The third-order valence-corrected chi connectivity index (χ3v) is 8.72. The Balaban J connectivity index is 1.46. The van der Waals surface area contributed by atoms with Crippen molar-refractivity contribution >= 4 is 0 Å². The van der Waals surface area contributed by atoms with Crippen molar-refractivity contribution < 1.29 is 42.7 Å². The Labute approximate surface area is 261 Å². The van der Waals surface area contributed by atoms with Crippen molar-refractivity contribution in [1.82, 2.24) is 0 Å². The van der Waals surface area contributed by atoms with Crippen molar-refractivity contribution in [3.05, 3.63) is 65.0 Å². The van der Waals surface area contributed by atoms with Crippen LogP contribution in [0.2, 0.25) is 0 Å². The Morgan fingerprint density at radius 3 is 2.14 bits per heavy atom. The van der Waals surface area contributed by atoms with Gasteiger partial charge in [-0.2, -0.15) is 0 Å². The summed E-state index contributed by atoms with van der Waals surface area (Å²) in [5.41, 5.74) is 0.930. The Morgan fingerprint density at radius 1 is 0.864 bits per heavy atom. The first kappa shape index (κ1) is 33.3. The summed E-state index contributed by atoms with van der Waals surface area (Å²) in [5, 5.41) is 10.8. The smallest absolute Gasteiger partial charge is 0.225 e. The molecule has 5 rings (SSSR count). The highest BCUT2D eigenvalue weighted by Crippen LogP contribution is 2.52. The van der Waals surface area contributed by atoms with Crippen molar-refractivity contribution in [1.29, 1.82) is 0 Å². The highest BCUT2D eigenvalue weighted by molar-refractivity contribution is 5.37. The lowest BCUT2D eigenvalue weighted by Crippen LogP contribution is -2.67. The topological polar surface area (TPSA) is 84.8 Å². The third-order valence-electron chi connectivity index (χ3n) is 8.72. The van der Waals surface area contributed by atoms with Crippen LogP contribution in [-0.2, 0) is 40.6 Å². The minimum Gasteiger partial charge on any atom is -0.486 e. The minimum absolute atomic E-state index is 0.0843. The van der Waals surface area contributed by atoms with E-state index in [4.69, 9.17) is 33.2 Å². The fourth-order valence-corrected chi connectivity index (χ4v) is 6.03. The summed E-state index contributed by atoms with van der Waals surface area (Å²) in [7, 11) is 0. The lowest BCUT2D eigenvalue weighted by molar-refractivity contribution is -0.349. The van der Waals surface area contributed by atoms with Crippen LogP contribution in [0.3, 0.4) is 0 Å².